The second-order valence-corrected chi connectivity index (χ2v) is 8.31. The van der Waals surface area contributed by atoms with E-state index in [1.54, 1.807) is 6.92 Å². The average Bonchev–Trinajstić information content (AvgIpc) is 2.95. The molecule has 0 saturated carbocycles. The third-order valence-electron chi connectivity index (χ3n) is 4.86. The summed E-state index contributed by atoms with van der Waals surface area (Å²) in [4.78, 5) is 3.53. The largest absolute Gasteiger partial charge is 0.358 e. The first kappa shape index (κ1) is 16.3. The van der Waals surface area contributed by atoms with Gasteiger partial charge in [0.25, 0.3) is 0 Å². The van der Waals surface area contributed by atoms with Crippen LogP contribution >= 0.6 is 0 Å². The summed E-state index contributed by atoms with van der Waals surface area (Å²) in [5.74, 6) is -0.403. The van der Waals surface area contributed by atoms with Crippen molar-refractivity contribution in [3.63, 3.8) is 0 Å². The normalized spacial score (nSPS) is 17.6. The zero-order valence-electron chi connectivity index (χ0n) is 13.8. The molecule has 0 bridgehead atoms. The molecule has 6 heteroatoms. The lowest BCUT2D eigenvalue weighted by atomic mass is 9.92. The predicted molar refractivity (Wildman–Crippen MR) is 95.6 cm³/mol. The van der Waals surface area contributed by atoms with Crippen molar-refractivity contribution in [3.05, 3.63) is 65.1 Å². The number of hydrogen-bond donors (Lipinski definition) is 2. The Kier molecular flexibility index (Phi) is 3.89. The number of nitrogens with one attached hydrogen (secondary N) is 2. The highest BCUT2D eigenvalue weighted by atomic mass is 32.2. The molecule has 2 N–H and O–H groups in total. The molecule has 1 aliphatic rings. The molecule has 3 aromatic rings. The van der Waals surface area contributed by atoms with Crippen LogP contribution in [-0.2, 0) is 22.9 Å². The van der Waals surface area contributed by atoms with Crippen LogP contribution in [0.3, 0.4) is 0 Å². The van der Waals surface area contributed by atoms with Gasteiger partial charge >= 0.3 is 0 Å². The molecule has 130 valence electrons. The number of H-pyrrole nitrogens is 1. The van der Waals surface area contributed by atoms with Gasteiger partial charge in [0.2, 0.25) is 10.0 Å². The number of aryl methyl sites for hydroxylation is 2. The summed E-state index contributed by atoms with van der Waals surface area (Å²) in [5, 5.41) is 1.15. The highest BCUT2D eigenvalue weighted by molar-refractivity contribution is 7.89. The minimum absolute atomic E-state index is 0.108. The Morgan fingerprint density at radius 1 is 1.20 bits per heavy atom. The van der Waals surface area contributed by atoms with Crippen molar-refractivity contribution in [2.75, 3.05) is 0 Å². The van der Waals surface area contributed by atoms with Crippen LogP contribution in [0.15, 0.2) is 47.4 Å². The smallest absolute Gasteiger partial charge is 0.240 e. The zero-order chi connectivity index (χ0) is 17.6. The number of aromatic amines is 1. The number of halogens is 1. The van der Waals surface area contributed by atoms with E-state index in [2.05, 4.69) is 15.8 Å². The quantitative estimate of drug-likeness (QED) is 0.753. The maximum Gasteiger partial charge on any atom is 0.240 e. The Morgan fingerprint density at radius 2 is 2.00 bits per heavy atom. The summed E-state index contributed by atoms with van der Waals surface area (Å²) >= 11 is 0. The molecule has 1 atom stereocenters. The van der Waals surface area contributed by atoms with E-state index in [9.17, 15) is 12.8 Å². The van der Waals surface area contributed by atoms with Crippen molar-refractivity contribution in [1.82, 2.24) is 9.71 Å². The Balaban J connectivity index is 1.60. The highest BCUT2D eigenvalue weighted by Crippen LogP contribution is 2.29. The Labute approximate surface area is 146 Å². The van der Waals surface area contributed by atoms with Gasteiger partial charge in [-0.25, -0.2) is 17.5 Å². The van der Waals surface area contributed by atoms with Gasteiger partial charge in [-0.15, -0.1) is 0 Å². The lowest BCUT2D eigenvalue weighted by Crippen LogP contribution is -2.38. The van der Waals surface area contributed by atoms with E-state index >= 15 is 0 Å². The summed E-state index contributed by atoms with van der Waals surface area (Å²) in [6, 6.07) is 11.8. The first-order valence-electron chi connectivity index (χ1n) is 8.31. The van der Waals surface area contributed by atoms with Crippen molar-refractivity contribution in [3.8, 4) is 0 Å². The fraction of sp³-hybridized carbons (Fsp3) is 0.263. The second kappa shape index (κ2) is 5.97. The average molecular weight is 358 g/mol. The molecule has 1 aliphatic carbocycles. The molecule has 0 saturated heterocycles. The minimum Gasteiger partial charge on any atom is -0.358 e. The van der Waals surface area contributed by atoms with Gasteiger partial charge in [-0.2, -0.15) is 0 Å². The maximum absolute atomic E-state index is 13.4. The molecular formula is C19H19FN2O2S. The summed E-state index contributed by atoms with van der Waals surface area (Å²) < 4.78 is 41.5. The van der Waals surface area contributed by atoms with E-state index in [1.807, 2.05) is 18.2 Å². The number of benzene rings is 2. The van der Waals surface area contributed by atoms with Gasteiger partial charge in [-0.3, -0.25) is 0 Å². The van der Waals surface area contributed by atoms with Crippen molar-refractivity contribution in [1.29, 1.82) is 0 Å². The van der Waals surface area contributed by atoms with Crippen LogP contribution in [0.4, 0.5) is 4.39 Å². The number of sulfonamides is 1. The Morgan fingerprint density at radius 3 is 2.80 bits per heavy atom. The number of fused-ring (bicyclic) bond motifs is 3. The van der Waals surface area contributed by atoms with Crippen LogP contribution in [0.5, 0.6) is 0 Å². The first-order valence-corrected chi connectivity index (χ1v) is 9.79. The SMILES string of the molecule is Cc1cc(S(=O)(=O)NC2CCc3[nH]c4ccccc4c3C2)ccc1F. The molecular weight excluding hydrogens is 339 g/mol. The molecule has 25 heavy (non-hydrogen) atoms. The number of hydrogen-bond acceptors (Lipinski definition) is 2. The van der Waals surface area contributed by atoms with Crippen LogP contribution in [0.1, 0.15) is 23.2 Å². The number of para-hydroxylation sites is 1. The summed E-state index contributed by atoms with van der Waals surface area (Å²) in [5.41, 5.74) is 3.79. The molecule has 0 radical (unpaired) electrons. The zero-order valence-corrected chi connectivity index (χ0v) is 14.7. The third-order valence-corrected chi connectivity index (χ3v) is 6.38. The molecule has 4 rings (SSSR count). The molecule has 1 unspecified atom stereocenters. The van der Waals surface area contributed by atoms with E-state index in [4.69, 9.17) is 0 Å². The van der Waals surface area contributed by atoms with E-state index in [0.717, 1.165) is 23.7 Å². The number of aromatic nitrogens is 1. The van der Waals surface area contributed by atoms with Crippen molar-refractivity contribution >= 4 is 20.9 Å². The fourth-order valence-corrected chi connectivity index (χ4v) is 4.90. The van der Waals surface area contributed by atoms with Gasteiger partial charge in [0.15, 0.2) is 0 Å². The van der Waals surface area contributed by atoms with Crippen LogP contribution in [0.2, 0.25) is 0 Å². The van der Waals surface area contributed by atoms with Crippen LogP contribution in [0, 0.1) is 12.7 Å². The van der Waals surface area contributed by atoms with E-state index < -0.39 is 15.8 Å². The summed E-state index contributed by atoms with van der Waals surface area (Å²) in [7, 11) is -3.66. The first-order chi connectivity index (χ1) is 11.9. The standard InChI is InChI=1S/C19H19FN2O2S/c1-12-10-14(7-8-17(12)20)25(23,24)22-13-6-9-19-16(11-13)15-4-2-3-5-18(15)21-19/h2-5,7-8,10,13,21-22H,6,9,11H2,1H3. The Hall–Kier alpha value is -2.18. The Bertz CT molecular complexity index is 1060. The van der Waals surface area contributed by atoms with Crippen molar-refractivity contribution in [2.45, 2.75) is 37.1 Å². The molecule has 0 fully saturated rings. The van der Waals surface area contributed by atoms with E-state index in [1.165, 1.54) is 29.5 Å². The van der Waals surface area contributed by atoms with Crippen LogP contribution < -0.4 is 4.72 Å². The monoisotopic (exact) mass is 358 g/mol. The van der Waals surface area contributed by atoms with Crippen molar-refractivity contribution in [2.24, 2.45) is 0 Å². The second-order valence-electron chi connectivity index (χ2n) is 6.60. The third kappa shape index (κ3) is 2.96. The lowest BCUT2D eigenvalue weighted by molar-refractivity contribution is 0.506. The van der Waals surface area contributed by atoms with Gasteiger partial charge < -0.3 is 4.98 Å². The molecule has 0 amide bonds. The van der Waals surface area contributed by atoms with Crippen LogP contribution in [0.25, 0.3) is 10.9 Å². The lowest BCUT2D eigenvalue weighted by Gasteiger charge is -2.23. The molecule has 0 spiro atoms. The minimum atomic E-state index is -3.66. The molecule has 2 aromatic carbocycles. The summed E-state index contributed by atoms with van der Waals surface area (Å²) in [6.45, 7) is 1.56. The molecule has 4 nitrogen and oxygen atoms in total. The van der Waals surface area contributed by atoms with Gasteiger partial charge in [0, 0.05) is 22.6 Å². The van der Waals surface area contributed by atoms with E-state index in [0.29, 0.717) is 12.0 Å². The molecule has 0 aliphatic heterocycles. The van der Waals surface area contributed by atoms with Gasteiger partial charge in [-0.05, 0) is 61.6 Å². The summed E-state index contributed by atoms with van der Waals surface area (Å²) in [6.07, 6.45) is 2.19. The van der Waals surface area contributed by atoms with Gasteiger partial charge in [-0.1, -0.05) is 18.2 Å². The van der Waals surface area contributed by atoms with Crippen molar-refractivity contribution < 1.29 is 12.8 Å². The van der Waals surface area contributed by atoms with Gasteiger partial charge in [0.05, 0.1) is 4.90 Å². The predicted octanol–water partition coefficient (Wildman–Crippen LogP) is 3.45. The molecule has 1 aromatic heterocycles. The molecule has 1 heterocycles. The van der Waals surface area contributed by atoms with E-state index in [-0.39, 0.29) is 10.9 Å². The number of rotatable bonds is 3. The maximum atomic E-state index is 13.4. The van der Waals surface area contributed by atoms with Crippen LogP contribution in [-0.4, -0.2) is 19.4 Å². The highest BCUT2D eigenvalue weighted by Gasteiger charge is 2.26. The topological polar surface area (TPSA) is 62.0 Å². The fourth-order valence-electron chi connectivity index (χ4n) is 3.54. The van der Waals surface area contributed by atoms with Gasteiger partial charge in [0.1, 0.15) is 5.82 Å².